The number of nitrogens with zero attached hydrogens (tertiary/aromatic N) is 4. The predicted octanol–water partition coefficient (Wildman–Crippen LogP) is 4.81. The molecule has 7 nitrogen and oxygen atoms in total. The van der Waals surface area contributed by atoms with Gasteiger partial charge >= 0.3 is 0 Å². The first-order chi connectivity index (χ1) is 17.6. The zero-order valence-corrected chi connectivity index (χ0v) is 20.3. The minimum absolute atomic E-state index is 0.0261. The van der Waals surface area contributed by atoms with E-state index in [1.807, 2.05) is 36.1 Å². The summed E-state index contributed by atoms with van der Waals surface area (Å²) in [5.74, 6) is -3.74. The Morgan fingerprint density at radius 2 is 2.08 bits per heavy atom. The number of amides is 1. The molecule has 2 aromatic heterocycles. The molecule has 4 heterocycles. The lowest BCUT2D eigenvalue weighted by Crippen LogP contribution is -2.60. The highest BCUT2D eigenvalue weighted by atomic mass is 19.3. The second-order valence-electron chi connectivity index (χ2n) is 9.41. The quantitative estimate of drug-likeness (QED) is 0.545. The van der Waals surface area contributed by atoms with Crippen molar-refractivity contribution in [2.45, 2.75) is 37.9 Å². The molecule has 1 saturated heterocycles. The van der Waals surface area contributed by atoms with Crippen molar-refractivity contribution in [2.24, 2.45) is 0 Å². The van der Waals surface area contributed by atoms with Crippen LogP contribution < -0.4 is 10.2 Å². The number of pyridine rings is 2. The lowest BCUT2D eigenvalue weighted by Gasteiger charge is -2.46. The molecule has 0 unspecified atom stereocenters. The van der Waals surface area contributed by atoms with Gasteiger partial charge in [-0.3, -0.25) is 14.8 Å². The fraction of sp³-hybridized carbons (Fsp3) is 0.333. The van der Waals surface area contributed by atoms with Gasteiger partial charge in [0.2, 0.25) is 5.67 Å². The van der Waals surface area contributed by atoms with Crippen molar-refractivity contribution in [1.82, 2.24) is 9.97 Å². The number of alkyl halides is 3. The van der Waals surface area contributed by atoms with Crippen LogP contribution in [0.15, 0.2) is 48.8 Å². The van der Waals surface area contributed by atoms with Crippen LogP contribution in [0.1, 0.15) is 34.2 Å². The molecule has 37 heavy (non-hydrogen) atoms. The third-order valence-corrected chi connectivity index (χ3v) is 6.81. The van der Waals surface area contributed by atoms with Crippen LogP contribution in [0.4, 0.5) is 24.5 Å². The number of carbonyl (C=O) groups is 1. The number of rotatable bonds is 4. The number of fused-ring (bicyclic) bond motifs is 3. The molecule has 10 heteroatoms. The second-order valence-corrected chi connectivity index (χ2v) is 9.41. The molecule has 0 radical (unpaired) electrons. The summed E-state index contributed by atoms with van der Waals surface area (Å²) < 4.78 is 48.2. The zero-order chi connectivity index (χ0) is 26.4. The summed E-state index contributed by atoms with van der Waals surface area (Å²) in [7, 11) is 0. The van der Waals surface area contributed by atoms with Gasteiger partial charge in [-0.15, -0.1) is 0 Å². The van der Waals surface area contributed by atoms with Gasteiger partial charge in [0.1, 0.15) is 17.8 Å². The molecule has 1 amide bonds. The molecule has 190 valence electrons. The monoisotopic (exact) mass is 507 g/mol. The lowest BCUT2D eigenvalue weighted by atomic mass is 9.82. The molecule has 0 aliphatic carbocycles. The van der Waals surface area contributed by atoms with Crippen LogP contribution in [-0.4, -0.2) is 47.3 Å². The number of benzene rings is 1. The Hall–Kier alpha value is -3.97. The summed E-state index contributed by atoms with van der Waals surface area (Å²) in [6.07, 6.45) is 2.64. The Kier molecular flexibility index (Phi) is 6.12. The van der Waals surface area contributed by atoms with Gasteiger partial charge in [0.15, 0.2) is 0 Å². The van der Waals surface area contributed by atoms with Gasteiger partial charge < -0.3 is 15.0 Å². The Balaban J connectivity index is 1.45. The van der Waals surface area contributed by atoms with Crippen LogP contribution in [0, 0.1) is 18.3 Å². The third kappa shape index (κ3) is 4.62. The lowest BCUT2D eigenvalue weighted by molar-refractivity contribution is 0.0127. The minimum Gasteiger partial charge on any atom is -0.377 e. The summed E-state index contributed by atoms with van der Waals surface area (Å²) in [6, 6.07) is 10.9. The maximum atomic E-state index is 15.4. The average Bonchev–Trinajstić information content (AvgIpc) is 2.89. The Labute approximate surface area is 211 Å². The largest absolute Gasteiger partial charge is 0.377 e. The van der Waals surface area contributed by atoms with Crippen LogP contribution in [0.3, 0.4) is 0 Å². The van der Waals surface area contributed by atoms with E-state index in [2.05, 4.69) is 15.3 Å². The van der Waals surface area contributed by atoms with E-state index in [1.165, 1.54) is 18.5 Å². The van der Waals surface area contributed by atoms with Gasteiger partial charge in [-0.05, 0) is 42.3 Å². The maximum absolute atomic E-state index is 15.4. The molecule has 0 bridgehead atoms. The highest BCUT2D eigenvalue weighted by molar-refractivity contribution is 6.04. The first kappa shape index (κ1) is 24.7. The van der Waals surface area contributed by atoms with Gasteiger partial charge in [-0.2, -0.15) is 14.0 Å². The number of nitrogens with one attached hydrogen (secondary N) is 1. The molecule has 2 aliphatic heterocycles. The molecule has 1 fully saturated rings. The molecule has 1 N–H and O–H groups in total. The van der Waals surface area contributed by atoms with Crippen molar-refractivity contribution in [3.05, 3.63) is 71.3 Å². The van der Waals surface area contributed by atoms with E-state index in [1.54, 1.807) is 6.07 Å². The van der Waals surface area contributed by atoms with Gasteiger partial charge in [-0.1, -0.05) is 12.1 Å². The topological polar surface area (TPSA) is 91.1 Å². The van der Waals surface area contributed by atoms with Gasteiger partial charge in [0.05, 0.1) is 25.1 Å². The molecular weight excluding hydrogens is 483 g/mol. The highest BCUT2D eigenvalue weighted by Gasteiger charge is 2.49. The van der Waals surface area contributed by atoms with E-state index in [0.29, 0.717) is 24.5 Å². The van der Waals surface area contributed by atoms with Crippen molar-refractivity contribution in [3.8, 4) is 17.2 Å². The molecule has 0 saturated carbocycles. The van der Waals surface area contributed by atoms with E-state index in [4.69, 9.17) is 4.74 Å². The summed E-state index contributed by atoms with van der Waals surface area (Å²) in [4.78, 5) is 22.7. The first-order valence-corrected chi connectivity index (χ1v) is 11.8. The number of hydrogen-bond acceptors (Lipinski definition) is 6. The van der Waals surface area contributed by atoms with Crippen LogP contribution in [0.5, 0.6) is 0 Å². The van der Waals surface area contributed by atoms with Gasteiger partial charge in [0, 0.05) is 48.6 Å². The van der Waals surface area contributed by atoms with E-state index in [-0.39, 0.29) is 18.6 Å². The van der Waals surface area contributed by atoms with Crippen molar-refractivity contribution >= 4 is 17.3 Å². The summed E-state index contributed by atoms with van der Waals surface area (Å²) in [5, 5.41) is 12.2. The number of nitriles is 1. The number of halogens is 3. The molecule has 2 aliphatic rings. The number of aryl methyl sites for hydroxylation is 1. The van der Waals surface area contributed by atoms with Crippen molar-refractivity contribution in [1.29, 1.82) is 5.26 Å². The van der Waals surface area contributed by atoms with Gasteiger partial charge in [-0.25, -0.2) is 4.39 Å². The molecule has 0 spiro atoms. The standard InChI is InChI=1S/C27H24F3N5O2/c1-16-21(11-20(13-33-16)34-25(36)18-5-6-32-23(10-18)26(2,28)29)17-3-4-19-12-27(30,15-31)24-14-37-8-7-35(24)22(19)9-17/h3-6,9-11,13,24H,7-8,12,14H2,1-2H3,(H,34,36)/t24-,27+/m0/s1. The Bertz CT molecular complexity index is 1420. The minimum atomic E-state index is -3.17. The van der Waals surface area contributed by atoms with E-state index in [9.17, 15) is 18.8 Å². The average molecular weight is 508 g/mol. The first-order valence-electron chi connectivity index (χ1n) is 11.8. The van der Waals surface area contributed by atoms with E-state index in [0.717, 1.165) is 35.4 Å². The van der Waals surface area contributed by atoms with Crippen LogP contribution in [0.25, 0.3) is 11.1 Å². The van der Waals surface area contributed by atoms with Crippen molar-refractivity contribution < 1.29 is 22.7 Å². The number of hydrogen-bond donors (Lipinski definition) is 1. The maximum Gasteiger partial charge on any atom is 0.286 e. The Morgan fingerprint density at radius 1 is 1.27 bits per heavy atom. The normalized spacial score (nSPS) is 21.0. The van der Waals surface area contributed by atoms with E-state index >= 15 is 4.39 Å². The second kappa shape index (κ2) is 9.16. The fourth-order valence-electron chi connectivity index (χ4n) is 4.84. The number of carbonyl (C=O) groups excluding carboxylic acids is 1. The summed E-state index contributed by atoms with van der Waals surface area (Å²) >= 11 is 0. The van der Waals surface area contributed by atoms with E-state index < -0.39 is 29.2 Å². The Morgan fingerprint density at radius 3 is 2.84 bits per heavy atom. The molecular formula is C27H24F3N5O2. The molecule has 2 atom stereocenters. The SMILES string of the molecule is Cc1ncc(NC(=O)c2ccnc(C(C)(F)F)c2)cc1-c1ccc2c(c1)N1CCOC[C@H]1[C@](F)(C#N)C2. The highest BCUT2D eigenvalue weighted by Crippen LogP contribution is 2.41. The molecule has 5 rings (SSSR count). The number of anilines is 2. The van der Waals surface area contributed by atoms with Gasteiger partial charge in [0.25, 0.3) is 11.8 Å². The number of morpholine rings is 1. The number of ether oxygens (including phenoxy) is 1. The smallest absolute Gasteiger partial charge is 0.286 e. The summed E-state index contributed by atoms with van der Waals surface area (Å²) in [5.41, 5.74) is 1.76. The third-order valence-electron chi connectivity index (χ3n) is 6.81. The zero-order valence-electron chi connectivity index (χ0n) is 20.3. The van der Waals surface area contributed by atoms with Crippen LogP contribution >= 0.6 is 0 Å². The predicted molar refractivity (Wildman–Crippen MR) is 131 cm³/mol. The van der Waals surface area contributed by atoms with Crippen molar-refractivity contribution in [2.75, 3.05) is 30.0 Å². The van der Waals surface area contributed by atoms with Crippen molar-refractivity contribution in [3.63, 3.8) is 0 Å². The van der Waals surface area contributed by atoms with Crippen LogP contribution in [0.2, 0.25) is 0 Å². The molecule has 1 aromatic carbocycles. The fourth-order valence-corrected chi connectivity index (χ4v) is 4.84. The molecule has 3 aromatic rings. The summed E-state index contributed by atoms with van der Waals surface area (Å²) in [6.45, 7) is 3.59. The van der Waals surface area contributed by atoms with Crippen LogP contribution in [-0.2, 0) is 17.1 Å². The number of aromatic nitrogens is 2.